The summed E-state index contributed by atoms with van der Waals surface area (Å²) in [5, 5.41) is 0.681. The molecule has 0 radical (unpaired) electrons. The van der Waals surface area contributed by atoms with E-state index in [-0.39, 0.29) is 17.5 Å². The van der Waals surface area contributed by atoms with Gasteiger partial charge in [-0.05, 0) is 68.2 Å². The fourth-order valence-corrected chi connectivity index (χ4v) is 5.36. The summed E-state index contributed by atoms with van der Waals surface area (Å²) < 4.78 is 34.2. The Morgan fingerprint density at radius 3 is 2.67 bits per heavy atom. The smallest absolute Gasteiger partial charge is 0.173 e. The second-order valence-electron chi connectivity index (χ2n) is 9.04. The quantitative estimate of drug-likeness (QED) is 0.453. The van der Waals surface area contributed by atoms with Gasteiger partial charge >= 0.3 is 0 Å². The van der Waals surface area contributed by atoms with Crippen molar-refractivity contribution in [1.29, 1.82) is 0 Å². The van der Waals surface area contributed by atoms with Crippen LogP contribution in [0.5, 0.6) is 0 Å². The number of likely N-dealkylation sites (tertiary alicyclic amines) is 1. The average molecular weight is 470 g/mol. The number of hydrogen-bond donors (Lipinski definition) is 1. The molecule has 1 saturated heterocycles. The number of ether oxygens (including phenoxy) is 1. The van der Waals surface area contributed by atoms with Gasteiger partial charge in [0, 0.05) is 23.9 Å². The first-order valence-electron chi connectivity index (χ1n) is 11.1. The molecule has 3 aromatic rings. The van der Waals surface area contributed by atoms with Crippen LogP contribution in [-0.2, 0) is 10.3 Å². The molecule has 4 nitrogen and oxygen atoms in total. The molecule has 0 saturated carbocycles. The number of rotatable bonds is 4. The molecule has 1 aliphatic carbocycles. The fourth-order valence-electron chi connectivity index (χ4n) is 5.21. The number of aromatic amines is 1. The minimum absolute atomic E-state index is 0.207. The zero-order valence-corrected chi connectivity index (χ0v) is 19.6. The van der Waals surface area contributed by atoms with Gasteiger partial charge in [-0.3, -0.25) is 0 Å². The molecule has 1 unspecified atom stereocenters. The van der Waals surface area contributed by atoms with Gasteiger partial charge in [0.2, 0.25) is 0 Å². The molecule has 2 heterocycles. The predicted octanol–water partition coefficient (Wildman–Crippen LogP) is 6.87. The number of fused-ring (bicyclic) bond motifs is 1. The van der Waals surface area contributed by atoms with Crippen LogP contribution < -0.4 is 0 Å². The number of methoxy groups -OCH3 is 1. The third kappa shape index (κ3) is 3.61. The lowest BCUT2D eigenvalue weighted by Gasteiger charge is -2.40. The van der Waals surface area contributed by atoms with Gasteiger partial charge in [-0.2, -0.15) is 0 Å². The Morgan fingerprint density at radius 1 is 1.18 bits per heavy atom. The molecule has 1 aliphatic heterocycles. The van der Waals surface area contributed by atoms with E-state index in [4.69, 9.17) is 21.3 Å². The normalized spacial score (nSPS) is 23.4. The molecule has 0 bridgehead atoms. The number of benzene rings is 2. The first-order chi connectivity index (χ1) is 15.8. The maximum atomic E-state index is 15.2. The molecule has 1 fully saturated rings. The molecular weight excluding hydrogens is 444 g/mol. The second-order valence-corrected chi connectivity index (χ2v) is 9.45. The monoisotopic (exact) mass is 469 g/mol. The molecule has 1 N–H and O–H groups in total. The van der Waals surface area contributed by atoms with Crippen LogP contribution in [0.3, 0.4) is 0 Å². The van der Waals surface area contributed by atoms with Crippen LogP contribution in [0.4, 0.5) is 8.78 Å². The molecule has 0 amide bonds. The number of H-pyrrole nitrogens is 1. The van der Waals surface area contributed by atoms with Crippen LogP contribution in [0.1, 0.15) is 49.1 Å². The zero-order valence-electron chi connectivity index (χ0n) is 18.9. The summed E-state index contributed by atoms with van der Waals surface area (Å²) in [7, 11) is 1.50. The zero-order chi connectivity index (χ0) is 23.3. The fraction of sp³-hybridized carbons (Fsp3) is 0.346. The van der Waals surface area contributed by atoms with Crippen LogP contribution >= 0.6 is 11.6 Å². The van der Waals surface area contributed by atoms with Crippen LogP contribution in [0.15, 0.2) is 59.8 Å². The lowest BCUT2D eigenvalue weighted by molar-refractivity contribution is 0.163. The van der Waals surface area contributed by atoms with Crippen molar-refractivity contribution in [1.82, 2.24) is 14.9 Å². The highest BCUT2D eigenvalue weighted by Crippen LogP contribution is 2.46. The SMILES string of the molecule is COC1=C(N2CCC[C@@]2(C)c2nc3c(C)c(Cl)ccc3[nH]2)CC(c2ccc(F)cc2)C=C1F. The van der Waals surface area contributed by atoms with E-state index in [1.165, 1.54) is 19.2 Å². The van der Waals surface area contributed by atoms with Crippen molar-refractivity contribution in [2.75, 3.05) is 13.7 Å². The molecule has 1 aromatic heterocycles. The Kier molecular flexibility index (Phi) is 5.44. The minimum atomic E-state index is -0.456. The maximum Gasteiger partial charge on any atom is 0.173 e. The predicted molar refractivity (Wildman–Crippen MR) is 126 cm³/mol. The molecule has 2 aromatic carbocycles. The third-order valence-electron chi connectivity index (χ3n) is 7.06. The number of halogens is 3. The maximum absolute atomic E-state index is 15.2. The highest BCUT2D eigenvalue weighted by molar-refractivity contribution is 6.32. The summed E-state index contributed by atoms with van der Waals surface area (Å²) in [5.41, 5.74) is 3.94. The Hall–Kier alpha value is -2.86. The lowest BCUT2D eigenvalue weighted by atomic mass is 9.87. The highest BCUT2D eigenvalue weighted by Gasteiger charge is 2.44. The van der Waals surface area contributed by atoms with Crippen molar-refractivity contribution < 1.29 is 13.5 Å². The van der Waals surface area contributed by atoms with E-state index in [9.17, 15) is 4.39 Å². The minimum Gasteiger partial charge on any atom is -0.492 e. The average Bonchev–Trinajstić information content (AvgIpc) is 3.41. The summed E-state index contributed by atoms with van der Waals surface area (Å²) in [5.74, 6) is 0.184. The first kappa shape index (κ1) is 22.0. The molecule has 2 aliphatic rings. The summed E-state index contributed by atoms with van der Waals surface area (Å²) in [6, 6.07) is 10.1. The van der Waals surface area contributed by atoms with Gasteiger partial charge in [-0.15, -0.1) is 0 Å². The Morgan fingerprint density at radius 2 is 1.94 bits per heavy atom. The number of nitrogens with one attached hydrogen (secondary N) is 1. The molecule has 172 valence electrons. The topological polar surface area (TPSA) is 41.1 Å². The summed E-state index contributed by atoms with van der Waals surface area (Å²) in [4.78, 5) is 10.6. The standard InChI is InChI=1S/C26H26ClF2N3O/c1-15-19(27)9-10-21-23(15)31-25(30-21)26(2)11-4-12-32(26)22-14-17(13-20(29)24(22)33-3)16-5-7-18(28)8-6-16/h5-10,13,17H,4,11-12,14H2,1-3H3,(H,30,31)/t17?,26-/m0/s1. The van der Waals surface area contributed by atoms with Crippen LogP contribution in [0, 0.1) is 12.7 Å². The highest BCUT2D eigenvalue weighted by atomic mass is 35.5. The number of allylic oxidation sites excluding steroid dienone is 3. The van der Waals surface area contributed by atoms with E-state index in [0.717, 1.165) is 53.1 Å². The Bertz CT molecular complexity index is 1280. The molecule has 2 atom stereocenters. The van der Waals surface area contributed by atoms with E-state index in [0.29, 0.717) is 11.4 Å². The number of aromatic nitrogens is 2. The second kappa shape index (κ2) is 8.17. The van der Waals surface area contributed by atoms with E-state index in [2.05, 4.69) is 16.8 Å². The Labute approximate surface area is 196 Å². The summed E-state index contributed by atoms with van der Waals surface area (Å²) in [6.45, 7) is 4.86. The molecule has 5 rings (SSSR count). The van der Waals surface area contributed by atoms with Gasteiger partial charge in [-0.1, -0.05) is 23.7 Å². The van der Waals surface area contributed by atoms with Gasteiger partial charge in [0.15, 0.2) is 11.6 Å². The lowest BCUT2D eigenvalue weighted by Crippen LogP contribution is -2.40. The molecular formula is C26H26ClF2N3O. The van der Waals surface area contributed by atoms with E-state index in [1.807, 2.05) is 19.1 Å². The number of imidazole rings is 1. The summed E-state index contributed by atoms with van der Waals surface area (Å²) >= 11 is 6.32. The number of aryl methyl sites for hydroxylation is 1. The largest absolute Gasteiger partial charge is 0.492 e. The van der Waals surface area contributed by atoms with E-state index >= 15 is 4.39 Å². The van der Waals surface area contributed by atoms with Crippen molar-refractivity contribution in [2.45, 2.75) is 44.6 Å². The Balaban J connectivity index is 1.57. The van der Waals surface area contributed by atoms with Crippen molar-refractivity contribution in [3.05, 3.63) is 87.5 Å². The first-order valence-corrected chi connectivity index (χ1v) is 11.5. The van der Waals surface area contributed by atoms with Gasteiger partial charge in [0.25, 0.3) is 0 Å². The van der Waals surface area contributed by atoms with E-state index < -0.39 is 11.4 Å². The van der Waals surface area contributed by atoms with Crippen molar-refractivity contribution in [3.8, 4) is 0 Å². The van der Waals surface area contributed by atoms with Crippen LogP contribution in [0.25, 0.3) is 11.0 Å². The van der Waals surface area contributed by atoms with Crippen LogP contribution in [-0.4, -0.2) is 28.5 Å². The van der Waals surface area contributed by atoms with Gasteiger partial charge in [-0.25, -0.2) is 13.8 Å². The summed E-state index contributed by atoms with van der Waals surface area (Å²) in [6.07, 6.45) is 3.94. The van der Waals surface area contributed by atoms with Gasteiger partial charge in [0.1, 0.15) is 11.6 Å². The van der Waals surface area contributed by atoms with Crippen molar-refractivity contribution in [3.63, 3.8) is 0 Å². The molecule has 33 heavy (non-hydrogen) atoms. The van der Waals surface area contributed by atoms with Crippen LogP contribution in [0.2, 0.25) is 5.02 Å². The third-order valence-corrected chi connectivity index (χ3v) is 7.47. The molecule has 7 heteroatoms. The van der Waals surface area contributed by atoms with Crippen molar-refractivity contribution in [2.24, 2.45) is 0 Å². The van der Waals surface area contributed by atoms with Crippen molar-refractivity contribution >= 4 is 22.6 Å². The number of hydrogen-bond acceptors (Lipinski definition) is 3. The number of nitrogens with zero attached hydrogens (tertiary/aromatic N) is 2. The van der Waals surface area contributed by atoms with Gasteiger partial charge in [0.05, 0.1) is 29.4 Å². The van der Waals surface area contributed by atoms with E-state index in [1.54, 1.807) is 18.2 Å². The van der Waals surface area contributed by atoms with Gasteiger partial charge < -0.3 is 14.6 Å². The molecule has 0 spiro atoms.